The van der Waals surface area contributed by atoms with Gasteiger partial charge in [0.15, 0.2) is 17.4 Å². The molecule has 4 aromatic rings. The van der Waals surface area contributed by atoms with E-state index in [2.05, 4.69) is 42.3 Å². The number of halogens is 1. The van der Waals surface area contributed by atoms with Crippen molar-refractivity contribution in [2.75, 3.05) is 13.2 Å². The zero-order valence-corrected chi connectivity index (χ0v) is 21.6. The van der Waals surface area contributed by atoms with Crippen LogP contribution in [0.2, 0.25) is 0 Å². The molecule has 0 radical (unpaired) electrons. The molecule has 16 nitrogen and oxygen atoms in total. The third-order valence-corrected chi connectivity index (χ3v) is 9.76. The third kappa shape index (κ3) is 4.41. The summed E-state index contributed by atoms with van der Waals surface area (Å²) in [5, 5.41) is 24.3. The van der Waals surface area contributed by atoms with E-state index in [1.807, 2.05) is 0 Å². The molecule has 0 aromatic carbocycles. The minimum Gasteiger partial charge on any atom is -0.394 e. The lowest BCUT2D eigenvalue weighted by atomic mass is 10.1. The molecule has 2 saturated heterocycles. The molecule has 0 amide bonds. The first-order valence-electron chi connectivity index (χ1n) is 11.7. The Morgan fingerprint density at radius 3 is 2.74 bits per heavy atom. The highest BCUT2D eigenvalue weighted by molar-refractivity contribution is 8.46. The van der Waals surface area contributed by atoms with Crippen molar-refractivity contribution in [1.82, 2.24) is 39.1 Å². The van der Waals surface area contributed by atoms with Crippen molar-refractivity contribution in [3.8, 4) is 0 Å². The van der Waals surface area contributed by atoms with Crippen LogP contribution in [0.5, 0.6) is 0 Å². The Morgan fingerprint density at radius 2 is 1.95 bits per heavy atom. The maximum absolute atomic E-state index is 15.4. The fourth-order valence-electron chi connectivity index (χ4n) is 4.88. The molecular weight excluding hydrogens is 562 g/mol. The van der Waals surface area contributed by atoms with Crippen molar-refractivity contribution in [2.45, 2.75) is 48.9 Å². The van der Waals surface area contributed by atoms with Crippen LogP contribution in [0.25, 0.3) is 16.8 Å². The minimum absolute atomic E-state index is 0.0463. The molecule has 39 heavy (non-hydrogen) atoms. The van der Waals surface area contributed by atoms with Crippen LogP contribution in [0.4, 0.5) is 4.39 Å². The molecule has 6 rings (SSSR count). The monoisotopic (exact) mass is 584 g/mol. The third-order valence-electron chi connectivity index (χ3n) is 6.80. The zero-order valence-electron chi connectivity index (χ0n) is 19.8. The van der Waals surface area contributed by atoms with Gasteiger partial charge in [0.1, 0.15) is 36.5 Å². The summed E-state index contributed by atoms with van der Waals surface area (Å²) in [5.74, 6) is 0. The molecule has 19 heteroatoms. The fraction of sp³-hybridized carbons (Fsp3) is 0.500. The Bertz CT molecular complexity index is 1690. The average molecular weight is 584 g/mol. The van der Waals surface area contributed by atoms with Crippen molar-refractivity contribution in [3.63, 3.8) is 0 Å². The van der Waals surface area contributed by atoms with Gasteiger partial charge in [0.05, 0.1) is 43.9 Å². The number of aliphatic hydroxyl groups excluding tert-OH is 2. The summed E-state index contributed by atoms with van der Waals surface area (Å²) in [7, 11) is 0. The van der Waals surface area contributed by atoms with Crippen LogP contribution >= 0.6 is 18.8 Å². The van der Waals surface area contributed by atoms with Gasteiger partial charge in [-0.3, -0.25) is 18.7 Å². The predicted molar refractivity (Wildman–Crippen MR) is 132 cm³/mol. The van der Waals surface area contributed by atoms with Gasteiger partial charge in [-0.2, -0.15) is 5.10 Å². The van der Waals surface area contributed by atoms with Gasteiger partial charge in [-0.05, 0) is 0 Å². The summed E-state index contributed by atoms with van der Waals surface area (Å²) >= 11 is 4.18. The molecule has 208 valence electrons. The summed E-state index contributed by atoms with van der Waals surface area (Å²) in [4.78, 5) is 40.9. The van der Waals surface area contributed by atoms with E-state index in [0.29, 0.717) is 5.69 Å². The van der Waals surface area contributed by atoms with Gasteiger partial charge in [0.2, 0.25) is 5.65 Å². The highest BCUT2D eigenvalue weighted by atomic mass is 32.7. The number of rotatable bonds is 7. The van der Waals surface area contributed by atoms with E-state index in [1.165, 1.54) is 27.9 Å². The number of aromatic amines is 2. The zero-order chi connectivity index (χ0) is 27.5. The molecule has 2 aliphatic heterocycles. The second-order valence-corrected chi connectivity index (χ2v) is 12.8. The number of ether oxygens (including phenoxy) is 2. The van der Waals surface area contributed by atoms with Crippen LogP contribution < -0.4 is 11.1 Å². The summed E-state index contributed by atoms with van der Waals surface area (Å²) < 4.78 is 48.8. The molecule has 0 spiro atoms. The molecule has 6 heterocycles. The molecule has 0 saturated carbocycles. The van der Waals surface area contributed by atoms with Gasteiger partial charge in [-0.25, -0.2) is 23.9 Å². The van der Waals surface area contributed by atoms with E-state index in [9.17, 15) is 24.4 Å². The first-order valence-corrected chi connectivity index (χ1v) is 14.6. The standard InChI is InChI=1S/C20H22FN8O8PS/c21-13-11(3-30)37-20(28-7-26-14-16(28)23-5-24-18(14)32)15(13)38(34,39)35-4-12-9(31)1-10(36-12)8-2-22-17-19(33)25-6-27-29(8)17/h2,5-7,9-13,15,20,30-31H,1,3-4H2,(H,34,39)(H,23,24,32)(H,25,27,33)/t9-,10+,11+,12+,13+,15+,20+,38?/m0/s1. The van der Waals surface area contributed by atoms with E-state index < -0.39 is 73.4 Å². The average Bonchev–Trinajstić information content (AvgIpc) is 3.67. The number of nitrogens with zero attached hydrogens (tertiary/aromatic N) is 6. The number of hydrogen-bond acceptors (Lipinski definition) is 12. The number of H-pyrrole nitrogens is 2. The van der Waals surface area contributed by atoms with Gasteiger partial charge in [-0.15, -0.1) is 0 Å². The first-order chi connectivity index (χ1) is 18.7. The van der Waals surface area contributed by atoms with E-state index in [-0.39, 0.29) is 23.2 Å². The number of thiol groups is 1. The second-order valence-electron chi connectivity index (χ2n) is 9.10. The first kappa shape index (κ1) is 26.2. The van der Waals surface area contributed by atoms with Crippen molar-refractivity contribution >= 4 is 35.6 Å². The number of nitrogens with one attached hydrogen (secondary N) is 2. The number of aromatic nitrogens is 8. The quantitative estimate of drug-likeness (QED) is 0.137. The van der Waals surface area contributed by atoms with Gasteiger partial charge < -0.3 is 34.2 Å². The number of fused-ring (bicyclic) bond motifs is 2. The lowest BCUT2D eigenvalue weighted by molar-refractivity contribution is -0.0328. The van der Waals surface area contributed by atoms with Crippen molar-refractivity contribution < 1.29 is 33.2 Å². The summed E-state index contributed by atoms with van der Waals surface area (Å²) in [6.45, 7) is -5.33. The Hall–Kier alpha value is -2.99. The highest BCUT2D eigenvalue weighted by Gasteiger charge is 2.55. The minimum atomic E-state index is -4.18. The molecule has 8 atom stereocenters. The van der Waals surface area contributed by atoms with Crippen molar-refractivity contribution in [3.05, 3.63) is 51.6 Å². The molecule has 0 aliphatic carbocycles. The topological polar surface area (TPSA) is 212 Å². The Kier molecular flexibility index (Phi) is 6.65. The normalized spacial score (nSPS) is 30.8. The molecule has 4 aromatic heterocycles. The molecular formula is C20H22FN8O8PS. The largest absolute Gasteiger partial charge is 0.394 e. The van der Waals surface area contributed by atoms with Gasteiger partial charge in [0.25, 0.3) is 17.7 Å². The number of imidazole rings is 2. The van der Waals surface area contributed by atoms with Crippen LogP contribution in [0.15, 0.2) is 34.8 Å². The summed E-state index contributed by atoms with van der Waals surface area (Å²) in [6.07, 6.45) is -2.39. The maximum Gasteiger partial charge on any atom is 0.294 e. The lowest BCUT2D eigenvalue weighted by Gasteiger charge is -2.27. The van der Waals surface area contributed by atoms with Crippen molar-refractivity contribution in [1.29, 1.82) is 0 Å². The van der Waals surface area contributed by atoms with Crippen LogP contribution in [0, 0.1) is 0 Å². The van der Waals surface area contributed by atoms with E-state index in [4.69, 9.17) is 14.0 Å². The molecule has 2 aliphatic rings. The highest BCUT2D eigenvalue weighted by Crippen LogP contribution is 2.64. The maximum atomic E-state index is 15.4. The summed E-state index contributed by atoms with van der Waals surface area (Å²) in [6, 6.07) is 0. The Balaban J connectivity index is 1.22. The fourth-order valence-corrected chi connectivity index (χ4v) is 7.42. The molecule has 1 unspecified atom stereocenters. The van der Waals surface area contributed by atoms with Crippen molar-refractivity contribution in [2.24, 2.45) is 0 Å². The molecule has 4 N–H and O–H groups in total. The molecule has 0 bridgehead atoms. The smallest absolute Gasteiger partial charge is 0.294 e. The van der Waals surface area contributed by atoms with E-state index in [1.54, 1.807) is 0 Å². The Labute approximate surface area is 221 Å². The van der Waals surface area contributed by atoms with Crippen LogP contribution in [0.3, 0.4) is 0 Å². The van der Waals surface area contributed by atoms with Gasteiger partial charge in [-0.1, -0.05) is 12.2 Å². The van der Waals surface area contributed by atoms with E-state index in [0.717, 1.165) is 6.33 Å². The van der Waals surface area contributed by atoms with Crippen LogP contribution in [-0.4, -0.2) is 92.7 Å². The molecule has 2 fully saturated rings. The van der Waals surface area contributed by atoms with Gasteiger partial charge >= 0.3 is 0 Å². The lowest BCUT2D eigenvalue weighted by Crippen LogP contribution is -2.31. The van der Waals surface area contributed by atoms with Crippen LogP contribution in [0.1, 0.15) is 24.4 Å². The van der Waals surface area contributed by atoms with Gasteiger partial charge in [0, 0.05) is 6.42 Å². The SMILES string of the molecule is O=c1[nH]cnc2c1ncn2[C@@H]1O[C@H](CO)[C@@H](F)[C@H]1P(=O)(S)OC[C@H]1O[C@@H](c2cnc3c(=O)[nH]cnn23)C[C@@H]1O. The number of hydrogen-bond donors (Lipinski definition) is 5. The van der Waals surface area contributed by atoms with E-state index >= 15 is 4.39 Å². The Morgan fingerprint density at radius 1 is 1.15 bits per heavy atom. The predicted octanol–water partition coefficient (Wildman–Crippen LogP) is -0.522. The second kappa shape index (κ2) is 9.88. The number of aliphatic hydroxyl groups is 2. The van der Waals surface area contributed by atoms with Crippen LogP contribution in [-0.2, 0) is 18.6 Å². The summed E-state index contributed by atoms with van der Waals surface area (Å²) in [5.41, 5.74) is -2.05. The number of alkyl halides is 1.